The van der Waals surface area contributed by atoms with Crippen molar-refractivity contribution in [1.82, 2.24) is 5.32 Å². The number of hydrogen-bond donors (Lipinski definition) is 1. The molecule has 3 nitrogen and oxygen atoms in total. The summed E-state index contributed by atoms with van der Waals surface area (Å²) in [6, 6.07) is 13.1. The van der Waals surface area contributed by atoms with E-state index in [1.807, 2.05) is 6.92 Å². The Balaban J connectivity index is 2.05. The Kier molecular flexibility index (Phi) is 4.88. The van der Waals surface area contributed by atoms with E-state index >= 15 is 0 Å². The highest BCUT2D eigenvalue weighted by Gasteiger charge is 2.24. The molecule has 3 rings (SSSR count). The largest absolute Gasteiger partial charge is 0.493 e. The van der Waals surface area contributed by atoms with Crippen LogP contribution >= 0.6 is 22.6 Å². The van der Waals surface area contributed by atoms with Gasteiger partial charge in [-0.2, -0.15) is 0 Å². The van der Waals surface area contributed by atoms with Gasteiger partial charge in [-0.25, -0.2) is 0 Å². The van der Waals surface area contributed by atoms with Crippen LogP contribution in [-0.2, 0) is 6.42 Å². The average molecular weight is 409 g/mol. The summed E-state index contributed by atoms with van der Waals surface area (Å²) in [5.41, 5.74) is 3.92. The maximum absolute atomic E-state index is 5.71. The minimum atomic E-state index is 0.211. The smallest absolute Gasteiger partial charge is 0.161 e. The van der Waals surface area contributed by atoms with E-state index in [2.05, 4.69) is 64.3 Å². The summed E-state index contributed by atoms with van der Waals surface area (Å²) >= 11 is 2.36. The first-order valence-electron chi connectivity index (χ1n) is 7.55. The number of ether oxygens (including phenoxy) is 2. The van der Waals surface area contributed by atoms with E-state index in [1.165, 1.54) is 20.3 Å². The fraction of sp³-hybridized carbons (Fsp3) is 0.333. The quantitative estimate of drug-likeness (QED) is 0.777. The van der Waals surface area contributed by atoms with Gasteiger partial charge in [0.15, 0.2) is 11.5 Å². The van der Waals surface area contributed by atoms with Crippen LogP contribution in [0, 0.1) is 3.57 Å². The van der Waals surface area contributed by atoms with Crippen molar-refractivity contribution in [3.05, 3.63) is 56.7 Å². The summed E-state index contributed by atoms with van der Waals surface area (Å²) in [4.78, 5) is 0. The summed E-state index contributed by atoms with van der Waals surface area (Å²) < 4.78 is 12.5. The molecule has 0 aromatic heterocycles. The fourth-order valence-electron chi connectivity index (χ4n) is 2.98. The zero-order valence-corrected chi connectivity index (χ0v) is 15.0. The van der Waals surface area contributed by atoms with Crippen LogP contribution < -0.4 is 14.8 Å². The molecule has 1 heterocycles. The minimum Gasteiger partial charge on any atom is -0.493 e. The predicted octanol–water partition coefficient (Wildman–Crippen LogP) is 3.93. The van der Waals surface area contributed by atoms with E-state index in [1.54, 1.807) is 7.11 Å². The predicted molar refractivity (Wildman–Crippen MR) is 96.9 cm³/mol. The third-order valence-electron chi connectivity index (χ3n) is 3.96. The Morgan fingerprint density at radius 1 is 1.23 bits per heavy atom. The average Bonchev–Trinajstić information content (AvgIpc) is 2.54. The second kappa shape index (κ2) is 6.87. The van der Waals surface area contributed by atoms with Crippen molar-refractivity contribution < 1.29 is 9.47 Å². The number of hydrogen-bond acceptors (Lipinski definition) is 3. The maximum atomic E-state index is 5.71. The van der Waals surface area contributed by atoms with Crippen LogP contribution in [0.15, 0.2) is 36.4 Å². The van der Waals surface area contributed by atoms with Gasteiger partial charge in [0.1, 0.15) is 0 Å². The summed E-state index contributed by atoms with van der Waals surface area (Å²) in [5.74, 6) is 1.65. The molecule has 22 heavy (non-hydrogen) atoms. The van der Waals surface area contributed by atoms with Crippen molar-refractivity contribution >= 4 is 22.6 Å². The Labute approximate surface area is 145 Å². The molecular formula is C18H20INO2. The van der Waals surface area contributed by atoms with Gasteiger partial charge in [0.25, 0.3) is 0 Å². The highest BCUT2D eigenvalue weighted by molar-refractivity contribution is 14.1. The molecule has 0 spiro atoms. The van der Waals surface area contributed by atoms with Gasteiger partial charge in [0.05, 0.1) is 19.8 Å². The summed E-state index contributed by atoms with van der Waals surface area (Å²) in [6.45, 7) is 3.61. The number of rotatable bonds is 4. The van der Waals surface area contributed by atoms with Gasteiger partial charge in [0.2, 0.25) is 0 Å². The number of fused-ring (bicyclic) bond motifs is 1. The molecule has 0 fully saturated rings. The fourth-order valence-corrected chi connectivity index (χ4v) is 3.54. The standard InChI is InChI=1S/C18H20INO2/c1-3-22-17-10-12-7-8-20-18(15(12)11-16(17)21-2)13-5-4-6-14(19)9-13/h4-6,9-11,18,20H,3,7-8H2,1-2H3. The number of nitrogens with one attached hydrogen (secondary N) is 1. The molecule has 1 aliphatic rings. The molecule has 0 bridgehead atoms. The molecule has 1 atom stereocenters. The highest BCUT2D eigenvalue weighted by Crippen LogP contribution is 2.37. The van der Waals surface area contributed by atoms with E-state index < -0.39 is 0 Å². The van der Waals surface area contributed by atoms with Crippen molar-refractivity contribution in [2.24, 2.45) is 0 Å². The molecule has 116 valence electrons. The summed E-state index contributed by atoms with van der Waals surface area (Å²) in [6.07, 6.45) is 1.01. The summed E-state index contributed by atoms with van der Waals surface area (Å²) in [7, 11) is 1.70. The highest BCUT2D eigenvalue weighted by atomic mass is 127. The van der Waals surface area contributed by atoms with Crippen molar-refractivity contribution in [2.75, 3.05) is 20.3 Å². The van der Waals surface area contributed by atoms with Gasteiger partial charge in [-0.3, -0.25) is 0 Å². The molecule has 1 N–H and O–H groups in total. The van der Waals surface area contributed by atoms with Gasteiger partial charge in [0, 0.05) is 10.1 Å². The van der Waals surface area contributed by atoms with E-state index in [-0.39, 0.29) is 6.04 Å². The number of halogens is 1. The van der Waals surface area contributed by atoms with Crippen LogP contribution in [0.25, 0.3) is 0 Å². The first kappa shape index (κ1) is 15.6. The molecule has 0 saturated carbocycles. The Morgan fingerprint density at radius 3 is 2.82 bits per heavy atom. The first-order chi connectivity index (χ1) is 10.7. The number of methoxy groups -OCH3 is 1. The normalized spacial score (nSPS) is 17.0. The number of benzene rings is 2. The first-order valence-corrected chi connectivity index (χ1v) is 8.63. The van der Waals surface area contributed by atoms with Crippen LogP contribution in [0.1, 0.15) is 29.7 Å². The second-order valence-electron chi connectivity index (χ2n) is 5.33. The summed E-state index contributed by atoms with van der Waals surface area (Å²) in [5, 5.41) is 3.62. The van der Waals surface area contributed by atoms with E-state index in [0.717, 1.165) is 24.5 Å². The van der Waals surface area contributed by atoms with Gasteiger partial charge in [-0.1, -0.05) is 12.1 Å². The lowest BCUT2D eigenvalue weighted by Gasteiger charge is -2.28. The van der Waals surface area contributed by atoms with Gasteiger partial charge in [-0.05, 0) is 76.9 Å². The maximum Gasteiger partial charge on any atom is 0.161 e. The topological polar surface area (TPSA) is 30.5 Å². The molecule has 2 aromatic carbocycles. The van der Waals surface area contributed by atoms with E-state index in [9.17, 15) is 0 Å². The molecule has 0 aliphatic carbocycles. The molecule has 0 saturated heterocycles. The zero-order chi connectivity index (χ0) is 15.5. The SMILES string of the molecule is CCOc1cc2c(cc1OC)C(c1cccc(I)c1)NCC2. The molecule has 1 unspecified atom stereocenters. The van der Waals surface area contributed by atoms with Crippen LogP contribution in [0.4, 0.5) is 0 Å². The van der Waals surface area contributed by atoms with Crippen molar-refractivity contribution in [1.29, 1.82) is 0 Å². The lowest BCUT2D eigenvalue weighted by molar-refractivity contribution is 0.309. The van der Waals surface area contributed by atoms with Crippen molar-refractivity contribution in [3.63, 3.8) is 0 Å². The molecule has 0 radical (unpaired) electrons. The van der Waals surface area contributed by atoms with Crippen LogP contribution in [-0.4, -0.2) is 20.3 Å². The monoisotopic (exact) mass is 409 g/mol. The molecule has 2 aromatic rings. The Hall–Kier alpha value is -1.27. The molecular weight excluding hydrogens is 389 g/mol. The van der Waals surface area contributed by atoms with Crippen LogP contribution in [0.3, 0.4) is 0 Å². The van der Waals surface area contributed by atoms with E-state index in [0.29, 0.717) is 6.61 Å². The second-order valence-corrected chi connectivity index (χ2v) is 6.57. The lowest BCUT2D eigenvalue weighted by Crippen LogP contribution is -2.30. The molecule has 4 heteroatoms. The third kappa shape index (κ3) is 3.08. The van der Waals surface area contributed by atoms with Gasteiger partial charge >= 0.3 is 0 Å². The van der Waals surface area contributed by atoms with Crippen LogP contribution in [0.2, 0.25) is 0 Å². The zero-order valence-electron chi connectivity index (χ0n) is 12.9. The van der Waals surface area contributed by atoms with Gasteiger partial charge in [-0.15, -0.1) is 0 Å². The molecule has 0 amide bonds. The lowest BCUT2D eigenvalue weighted by atomic mass is 9.89. The molecule has 1 aliphatic heterocycles. The van der Waals surface area contributed by atoms with Crippen molar-refractivity contribution in [2.45, 2.75) is 19.4 Å². The minimum absolute atomic E-state index is 0.211. The Bertz CT molecular complexity index is 672. The third-order valence-corrected chi connectivity index (χ3v) is 4.63. The van der Waals surface area contributed by atoms with E-state index in [4.69, 9.17) is 9.47 Å². The Morgan fingerprint density at radius 2 is 2.09 bits per heavy atom. The van der Waals surface area contributed by atoms with Gasteiger partial charge < -0.3 is 14.8 Å². The van der Waals surface area contributed by atoms with Crippen LogP contribution in [0.5, 0.6) is 11.5 Å². The van der Waals surface area contributed by atoms with Crippen molar-refractivity contribution in [3.8, 4) is 11.5 Å².